The van der Waals surface area contributed by atoms with Crippen LogP contribution >= 0.6 is 0 Å². The quantitative estimate of drug-likeness (QED) is 0.853. The molecule has 2 aliphatic rings. The Bertz CT molecular complexity index is 434. The van der Waals surface area contributed by atoms with Crippen LogP contribution in [0.25, 0.3) is 0 Å². The average Bonchev–Trinajstić information content (AvgIpc) is 3.09. The third kappa shape index (κ3) is 3.47. The fourth-order valence-corrected chi connectivity index (χ4v) is 2.27. The number of ether oxygens (including phenoxy) is 1. The third-order valence-electron chi connectivity index (χ3n) is 3.62. The molecular weight excluding hydrogens is 240 g/mol. The number of amides is 1. The topological polar surface area (TPSA) is 50.4 Å². The molecule has 1 unspecified atom stereocenters. The summed E-state index contributed by atoms with van der Waals surface area (Å²) in [6, 6.07) is 8.06. The molecule has 1 aliphatic carbocycles. The molecule has 0 aromatic heterocycles. The molecule has 4 nitrogen and oxygen atoms in total. The van der Waals surface area contributed by atoms with Crippen LogP contribution in [-0.4, -0.2) is 31.2 Å². The normalized spacial score (nSPS) is 22.2. The average molecular weight is 260 g/mol. The van der Waals surface area contributed by atoms with Gasteiger partial charge in [0.25, 0.3) is 5.91 Å². The molecule has 0 radical (unpaired) electrons. The van der Waals surface area contributed by atoms with Crippen LogP contribution < -0.4 is 10.6 Å². The van der Waals surface area contributed by atoms with E-state index in [1.807, 2.05) is 24.3 Å². The maximum Gasteiger partial charge on any atom is 0.251 e. The Morgan fingerprint density at radius 2 is 2.00 bits per heavy atom. The van der Waals surface area contributed by atoms with Crippen molar-refractivity contribution >= 4 is 11.6 Å². The first-order valence-corrected chi connectivity index (χ1v) is 7.08. The summed E-state index contributed by atoms with van der Waals surface area (Å²) in [4.78, 5) is 11.8. The lowest BCUT2D eigenvalue weighted by molar-refractivity contribution is 0.0951. The molecule has 1 heterocycles. The summed E-state index contributed by atoms with van der Waals surface area (Å²) in [5.74, 6) is 0.0353. The summed E-state index contributed by atoms with van der Waals surface area (Å²) in [5.41, 5.74) is 1.77. The van der Waals surface area contributed by atoms with Crippen LogP contribution in [0.2, 0.25) is 0 Å². The van der Waals surface area contributed by atoms with Crippen molar-refractivity contribution in [3.05, 3.63) is 29.8 Å². The van der Waals surface area contributed by atoms with Crippen LogP contribution in [0.4, 0.5) is 5.69 Å². The third-order valence-corrected chi connectivity index (χ3v) is 3.62. The molecule has 19 heavy (non-hydrogen) atoms. The number of benzene rings is 1. The zero-order chi connectivity index (χ0) is 13.1. The molecule has 102 valence electrons. The van der Waals surface area contributed by atoms with Crippen LogP contribution in [0.15, 0.2) is 24.3 Å². The highest BCUT2D eigenvalue weighted by molar-refractivity contribution is 5.94. The van der Waals surface area contributed by atoms with E-state index < -0.39 is 0 Å². The first kappa shape index (κ1) is 12.5. The van der Waals surface area contributed by atoms with Crippen LogP contribution in [0, 0.1) is 0 Å². The molecule has 1 saturated carbocycles. The van der Waals surface area contributed by atoms with E-state index in [0.717, 1.165) is 50.1 Å². The van der Waals surface area contributed by atoms with E-state index >= 15 is 0 Å². The van der Waals surface area contributed by atoms with Gasteiger partial charge in [0, 0.05) is 30.4 Å². The zero-order valence-corrected chi connectivity index (χ0v) is 11.0. The van der Waals surface area contributed by atoms with Crippen molar-refractivity contribution in [2.75, 3.05) is 18.5 Å². The zero-order valence-electron chi connectivity index (χ0n) is 11.0. The van der Waals surface area contributed by atoms with Gasteiger partial charge in [0.2, 0.25) is 0 Å². The van der Waals surface area contributed by atoms with E-state index in [0.29, 0.717) is 12.1 Å². The van der Waals surface area contributed by atoms with Crippen molar-refractivity contribution in [2.45, 2.75) is 37.8 Å². The van der Waals surface area contributed by atoms with Gasteiger partial charge in [0.15, 0.2) is 0 Å². The van der Waals surface area contributed by atoms with Gasteiger partial charge in [0.1, 0.15) is 0 Å². The van der Waals surface area contributed by atoms with E-state index in [4.69, 9.17) is 4.74 Å². The lowest BCUT2D eigenvalue weighted by atomic mass is 10.2. The van der Waals surface area contributed by atoms with Crippen molar-refractivity contribution in [3.8, 4) is 0 Å². The van der Waals surface area contributed by atoms with E-state index in [-0.39, 0.29) is 5.91 Å². The number of anilines is 1. The van der Waals surface area contributed by atoms with Gasteiger partial charge < -0.3 is 15.4 Å². The molecule has 1 aromatic rings. The lowest BCUT2D eigenvalue weighted by Gasteiger charge is -2.12. The standard InChI is InChI=1S/C15H20N2O2/c18-15(17-13-7-8-13)11-3-5-12(6-4-11)16-10-14-2-1-9-19-14/h3-6,13-14,16H,1-2,7-10H2,(H,17,18). The van der Waals surface area contributed by atoms with Crippen molar-refractivity contribution < 1.29 is 9.53 Å². The molecule has 1 aliphatic heterocycles. The molecule has 1 atom stereocenters. The van der Waals surface area contributed by atoms with Gasteiger partial charge in [-0.15, -0.1) is 0 Å². The van der Waals surface area contributed by atoms with Gasteiger partial charge in [-0.2, -0.15) is 0 Å². The van der Waals surface area contributed by atoms with E-state index in [1.165, 1.54) is 0 Å². The van der Waals surface area contributed by atoms with Crippen molar-refractivity contribution in [1.29, 1.82) is 0 Å². The second-order valence-electron chi connectivity index (χ2n) is 5.34. The predicted molar refractivity (Wildman–Crippen MR) is 74.4 cm³/mol. The molecule has 0 bridgehead atoms. The Hall–Kier alpha value is -1.55. The fourth-order valence-electron chi connectivity index (χ4n) is 2.27. The molecule has 3 rings (SSSR count). The molecule has 2 fully saturated rings. The highest BCUT2D eigenvalue weighted by Gasteiger charge is 2.23. The van der Waals surface area contributed by atoms with E-state index in [9.17, 15) is 4.79 Å². The maximum atomic E-state index is 11.8. The predicted octanol–water partition coefficient (Wildman–Crippen LogP) is 2.17. The minimum atomic E-state index is 0.0353. The monoisotopic (exact) mass is 260 g/mol. The smallest absolute Gasteiger partial charge is 0.251 e. The molecule has 0 spiro atoms. The molecule has 1 amide bonds. The van der Waals surface area contributed by atoms with Gasteiger partial charge in [-0.25, -0.2) is 0 Å². The number of carbonyl (C=O) groups excluding carboxylic acids is 1. The molecule has 1 saturated heterocycles. The van der Waals surface area contributed by atoms with Crippen molar-refractivity contribution in [1.82, 2.24) is 5.32 Å². The molecule has 4 heteroatoms. The number of rotatable bonds is 5. The van der Waals surface area contributed by atoms with E-state index in [2.05, 4.69) is 10.6 Å². The number of nitrogens with one attached hydrogen (secondary N) is 2. The number of carbonyl (C=O) groups is 1. The Kier molecular flexibility index (Phi) is 3.69. The van der Waals surface area contributed by atoms with Crippen LogP contribution in [-0.2, 0) is 4.74 Å². The Labute approximate surface area is 113 Å². The van der Waals surface area contributed by atoms with Gasteiger partial charge in [0.05, 0.1) is 6.10 Å². The largest absolute Gasteiger partial charge is 0.382 e. The van der Waals surface area contributed by atoms with Crippen molar-refractivity contribution in [2.24, 2.45) is 0 Å². The van der Waals surface area contributed by atoms with Crippen molar-refractivity contribution in [3.63, 3.8) is 0 Å². The summed E-state index contributed by atoms with van der Waals surface area (Å²) in [5, 5.41) is 6.34. The summed E-state index contributed by atoms with van der Waals surface area (Å²) < 4.78 is 5.56. The fraction of sp³-hybridized carbons (Fsp3) is 0.533. The Balaban J connectivity index is 1.51. The summed E-state index contributed by atoms with van der Waals surface area (Å²) in [7, 11) is 0. The van der Waals surface area contributed by atoms with Crippen LogP contribution in [0.1, 0.15) is 36.0 Å². The Morgan fingerprint density at radius 1 is 1.21 bits per heavy atom. The molecular formula is C15H20N2O2. The molecule has 2 N–H and O–H groups in total. The second-order valence-corrected chi connectivity index (χ2v) is 5.34. The Morgan fingerprint density at radius 3 is 2.63 bits per heavy atom. The first-order chi connectivity index (χ1) is 9.31. The first-order valence-electron chi connectivity index (χ1n) is 7.08. The summed E-state index contributed by atoms with van der Waals surface area (Å²) in [6.45, 7) is 1.72. The van der Waals surface area contributed by atoms with Gasteiger partial charge in [-0.1, -0.05) is 0 Å². The van der Waals surface area contributed by atoms with E-state index in [1.54, 1.807) is 0 Å². The number of hydrogen-bond donors (Lipinski definition) is 2. The van der Waals surface area contributed by atoms with Gasteiger partial charge in [-0.05, 0) is 49.9 Å². The van der Waals surface area contributed by atoms with Gasteiger partial charge in [-0.3, -0.25) is 4.79 Å². The summed E-state index contributed by atoms with van der Waals surface area (Å²) >= 11 is 0. The summed E-state index contributed by atoms with van der Waals surface area (Å²) in [6.07, 6.45) is 4.86. The second kappa shape index (κ2) is 5.61. The SMILES string of the molecule is O=C(NC1CC1)c1ccc(NCC2CCCO2)cc1. The lowest BCUT2D eigenvalue weighted by Crippen LogP contribution is -2.25. The minimum absolute atomic E-state index is 0.0353. The highest BCUT2D eigenvalue weighted by Crippen LogP contribution is 2.20. The number of hydrogen-bond acceptors (Lipinski definition) is 3. The maximum absolute atomic E-state index is 11.8. The van der Waals surface area contributed by atoms with Crippen LogP contribution in [0.3, 0.4) is 0 Å². The minimum Gasteiger partial charge on any atom is -0.382 e. The van der Waals surface area contributed by atoms with Crippen LogP contribution in [0.5, 0.6) is 0 Å². The van der Waals surface area contributed by atoms with Gasteiger partial charge >= 0.3 is 0 Å². The highest BCUT2D eigenvalue weighted by atomic mass is 16.5. The molecule has 1 aromatic carbocycles.